The van der Waals surface area contributed by atoms with E-state index in [9.17, 15) is 4.79 Å². The number of fused-ring (bicyclic) bond motifs is 1. The Balaban J connectivity index is 2.45. The molecular weight excluding hydrogens is 180 g/mol. The standard InChI is InChI=1S/C10H12N2O2/c1-6-2-7-4-12-9(13)5-14-10(7)8(11)3-6/h2-3H,4-5,11H2,1H3,(H,12,13). The third-order valence-electron chi connectivity index (χ3n) is 2.16. The van der Waals surface area contributed by atoms with Gasteiger partial charge in [-0.05, 0) is 18.6 Å². The molecule has 0 fully saturated rings. The summed E-state index contributed by atoms with van der Waals surface area (Å²) in [5, 5.41) is 2.74. The second kappa shape index (κ2) is 3.21. The summed E-state index contributed by atoms with van der Waals surface area (Å²) in [6, 6.07) is 3.81. The van der Waals surface area contributed by atoms with Crippen LogP contribution in [0.2, 0.25) is 0 Å². The molecule has 0 saturated carbocycles. The normalized spacial score (nSPS) is 15.1. The monoisotopic (exact) mass is 192 g/mol. The lowest BCUT2D eigenvalue weighted by Crippen LogP contribution is -2.25. The van der Waals surface area contributed by atoms with E-state index in [1.807, 2.05) is 19.1 Å². The number of carbonyl (C=O) groups is 1. The molecule has 14 heavy (non-hydrogen) atoms. The fourth-order valence-electron chi connectivity index (χ4n) is 1.57. The summed E-state index contributed by atoms with van der Waals surface area (Å²) in [5.74, 6) is 0.521. The molecule has 0 bridgehead atoms. The molecule has 0 unspecified atom stereocenters. The number of nitrogens with one attached hydrogen (secondary N) is 1. The quantitative estimate of drug-likeness (QED) is 0.591. The van der Waals surface area contributed by atoms with Crippen molar-refractivity contribution in [1.29, 1.82) is 0 Å². The maximum absolute atomic E-state index is 11.1. The van der Waals surface area contributed by atoms with Gasteiger partial charge in [-0.3, -0.25) is 4.79 Å². The number of hydrogen-bond acceptors (Lipinski definition) is 3. The predicted molar refractivity (Wildman–Crippen MR) is 52.9 cm³/mol. The smallest absolute Gasteiger partial charge is 0.258 e. The first-order valence-corrected chi connectivity index (χ1v) is 4.45. The summed E-state index contributed by atoms with van der Waals surface area (Å²) in [6.07, 6.45) is 0. The van der Waals surface area contributed by atoms with Crippen molar-refractivity contribution in [2.75, 3.05) is 12.3 Å². The summed E-state index contributed by atoms with van der Waals surface area (Å²) < 4.78 is 5.31. The van der Waals surface area contributed by atoms with Crippen LogP contribution in [-0.2, 0) is 11.3 Å². The van der Waals surface area contributed by atoms with Gasteiger partial charge in [0.15, 0.2) is 6.61 Å². The number of hydrogen-bond donors (Lipinski definition) is 2. The van der Waals surface area contributed by atoms with Crippen LogP contribution in [0.15, 0.2) is 12.1 Å². The first-order valence-electron chi connectivity index (χ1n) is 4.45. The highest BCUT2D eigenvalue weighted by Gasteiger charge is 2.15. The van der Waals surface area contributed by atoms with Gasteiger partial charge in [0.05, 0.1) is 5.69 Å². The lowest BCUT2D eigenvalue weighted by atomic mass is 10.1. The summed E-state index contributed by atoms with van der Waals surface area (Å²) in [6.45, 7) is 2.49. The van der Waals surface area contributed by atoms with E-state index in [2.05, 4.69) is 5.32 Å². The maximum atomic E-state index is 11.1. The Morgan fingerprint density at radius 3 is 3.07 bits per heavy atom. The average Bonchev–Trinajstić information content (AvgIpc) is 2.28. The van der Waals surface area contributed by atoms with Gasteiger partial charge in [0, 0.05) is 12.1 Å². The lowest BCUT2D eigenvalue weighted by molar-refractivity contribution is -0.122. The minimum Gasteiger partial charge on any atom is -0.481 e. The molecule has 1 aliphatic rings. The van der Waals surface area contributed by atoms with Crippen molar-refractivity contribution in [3.05, 3.63) is 23.3 Å². The summed E-state index contributed by atoms with van der Waals surface area (Å²) in [4.78, 5) is 11.1. The Bertz CT molecular complexity index is 388. The number of benzene rings is 1. The van der Waals surface area contributed by atoms with Crippen molar-refractivity contribution in [2.24, 2.45) is 0 Å². The summed E-state index contributed by atoms with van der Waals surface area (Å²) >= 11 is 0. The Hall–Kier alpha value is -1.71. The van der Waals surface area contributed by atoms with Crippen LogP contribution in [0, 0.1) is 6.92 Å². The fourth-order valence-corrected chi connectivity index (χ4v) is 1.57. The molecule has 1 aromatic rings. The molecule has 0 radical (unpaired) electrons. The molecule has 0 atom stereocenters. The highest BCUT2D eigenvalue weighted by molar-refractivity contribution is 5.79. The molecule has 0 aromatic heterocycles. The first-order chi connectivity index (χ1) is 6.66. The van der Waals surface area contributed by atoms with Crippen molar-refractivity contribution < 1.29 is 9.53 Å². The zero-order chi connectivity index (χ0) is 10.1. The Labute approximate surface area is 82.1 Å². The van der Waals surface area contributed by atoms with E-state index in [1.165, 1.54) is 0 Å². The lowest BCUT2D eigenvalue weighted by Gasteiger charge is -2.09. The minimum absolute atomic E-state index is 0.0419. The molecule has 4 heteroatoms. The maximum Gasteiger partial charge on any atom is 0.258 e. The van der Waals surface area contributed by atoms with Crippen molar-refractivity contribution in [2.45, 2.75) is 13.5 Å². The van der Waals surface area contributed by atoms with Crippen molar-refractivity contribution in [3.8, 4) is 5.75 Å². The number of amides is 1. The summed E-state index contributed by atoms with van der Waals surface area (Å²) in [7, 11) is 0. The van der Waals surface area contributed by atoms with Crippen molar-refractivity contribution in [1.82, 2.24) is 5.32 Å². The Kier molecular flexibility index (Phi) is 2.04. The molecule has 1 aliphatic heterocycles. The zero-order valence-corrected chi connectivity index (χ0v) is 7.96. The van der Waals surface area contributed by atoms with Gasteiger partial charge < -0.3 is 15.8 Å². The van der Waals surface area contributed by atoms with E-state index in [1.54, 1.807) is 0 Å². The number of nitrogens with two attached hydrogens (primary N) is 1. The second-order valence-corrected chi connectivity index (χ2v) is 3.41. The average molecular weight is 192 g/mol. The number of aryl methyl sites for hydroxylation is 1. The van der Waals surface area contributed by atoms with Gasteiger partial charge in [-0.1, -0.05) is 6.07 Å². The van der Waals surface area contributed by atoms with Crippen molar-refractivity contribution in [3.63, 3.8) is 0 Å². The van der Waals surface area contributed by atoms with Crippen LogP contribution in [0.5, 0.6) is 5.75 Å². The van der Waals surface area contributed by atoms with Crippen LogP contribution in [0.1, 0.15) is 11.1 Å². The van der Waals surface area contributed by atoms with Crippen LogP contribution in [-0.4, -0.2) is 12.5 Å². The fraction of sp³-hybridized carbons (Fsp3) is 0.300. The highest BCUT2D eigenvalue weighted by atomic mass is 16.5. The van der Waals surface area contributed by atoms with Gasteiger partial charge in [0.2, 0.25) is 0 Å². The molecule has 2 rings (SSSR count). The van der Waals surface area contributed by atoms with E-state index in [-0.39, 0.29) is 12.5 Å². The molecule has 3 N–H and O–H groups in total. The van der Waals surface area contributed by atoms with Gasteiger partial charge in [-0.25, -0.2) is 0 Å². The van der Waals surface area contributed by atoms with Gasteiger partial charge in [0.1, 0.15) is 5.75 Å². The van der Waals surface area contributed by atoms with E-state index >= 15 is 0 Å². The topological polar surface area (TPSA) is 64.3 Å². The van der Waals surface area contributed by atoms with E-state index in [0.717, 1.165) is 11.1 Å². The highest BCUT2D eigenvalue weighted by Crippen LogP contribution is 2.29. The van der Waals surface area contributed by atoms with Crippen molar-refractivity contribution >= 4 is 11.6 Å². The molecule has 0 aliphatic carbocycles. The third kappa shape index (κ3) is 1.51. The van der Waals surface area contributed by atoms with Gasteiger partial charge >= 0.3 is 0 Å². The molecular formula is C10H12N2O2. The van der Waals surface area contributed by atoms with E-state index in [4.69, 9.17) is 10.5 Å². The van der Waals surface area contributed by atoms with Crippen LogP contribution in [0.25, 0.3) is 0 Å². The second-order valence-electron chi connectivity index (χ2n) is 3.41. The number of anilines is 1. The molecule has 4 nitrogen and oxygen atoms in total. The molecule has 1 amide bonds. The predicted octanol–water partition coefficient (Wildman–Crippen LogP) is 0.586. The minimum atomic E-state index is -0.113. The summed E-state index contributed by atoms with van der Waals surface area (Å²) in [5.41, 5.74) is 8.40. The van der Waals surface area contributed by atoms with Crippen LogP contribution in [0.4, 0.5) is 5.69 Å². The SMILES string of the molecule is Cc1cc(N)c2c(c1)CNC(=O)CO2. The Morgan fingerprint density at radius 2 is 2.29 bits per heavy atom. The number of rotatable bonds is 0. The van der Waals surface area contributed by atoms with E-state index < -0.39 is 0 Å². The molecule has 74 valence electrons. The van der Waals surface area contributed by atoms with Gasteiger partial charge in [-0.15, -0.1) is 0 Å². The molecule has 0 saturated heterocycles. The van der Waals surface area contributed by atoms with Crippen LogP contribution >= 0.6 is 0 Å². The molecule has 0 spiro atoms. The largest absolute Gasteiger partial charge is 0.481 e. The van der Waals surface area contributed by atoms with Crippen LogP contribution < -0.4 is 15.8 Å². The molecule has 1 heterocycles. The number of carbonyl (C=O) groups excluding carboxylic acids is 1. The zero-order valence-electron chi connectivity index (χ0n) is 7.96. The Morgan fingerprint density at radius 1 is 1.50 bits per heavy atom. The third-order valence-corrected chi connectivity index (χ3v) is 2.16. The molecule has 1 aromatic carbocycles. The first kappa shape index (κ1) is 8.87. The van der Waals surface area contributed by atoms with Gasteiger partial charge in [0.25, 0.3) is 5.91 Å². The van der Waals surface area contributed by atoms with E-state index in [0.29, 0.717) is 18.0 Å². The van der Waals surface area contributed by atoms with Crippen LogP contribution in [0.3, 0.4) is 0 Å². The number of ether oxygens (including phenoxy) is 1. The number of nitrogen functional groups attached to an aromatic ring is 1. The van der Waals surface area contributed by atoms with Gasteiger partial charge in [-0.2, -0.15) is 0 Å².